The third kappa shape index (κ3) is 3.44. The van der Waals surface area contributed by atoms with E-state index in [9.17, 15) is 9.59 Å². The maximum absolute atomic E-state index is 12.2. The normalized spacial score (nSPS) is 21.3. The third-order valence-electron chi connectivity index (χ3n) is 5.67. The van der Waals surface area contributed by atoms with Crippen LogP contribution in [0.3, 0.4) is 0 Å². The minimum atomic E-state index is -0.621. The molecule has 0 saturated carbocycles. The summed E-state index contributed by atoms with van der Waals surface area (Å²) < 4.78 is 12.4. The molecule has 3 heterocycles. The average Bonchev–Trinajstić information content (AvgIpc) is 3.23. The number of hydrogen-bond acceptors (Lipinski definition) is 6. The number of carbonyl (C=O) groups is 2. The number of cyclic esters (lactones) is 1. The zero-order chi connectivity index (χ0) is 19.7. The molecule has 1 unspecified atom stereocenters. The molecule has 28 heavy (non-hydrogen) atoms. The van der Waals surface area contributed by atoms with E-state index in [4.69, 9.17) is 14.5 Å². The van der Waals surface area contributed by atoms with Crippen LogP contribution in [0.2, 0.25) is 0 Å². The zero-order valence-corrected chi connectivity index (χ0v) is 16.3. The van der Waals surface area contributed by atoms with E-state index in [1.807, 2.05) is 25.2 Å². The molecule has 0 aliphatic carbocycles. The zero-order valence-electron chi connectivity index (χ0n) is 16.3. The number of amides is 1. The largest absolute Gasteiger partial charge is 0.464 e. The van der Waals surface area contributed by atoms with Gasteiger partial charge in [-0.2, -0.15) is 0 Å². The number of carbonyl (C=O) groups excluding carboxylic acids is 2. The Balaban J connectivity index is 1.39. The Hall–Kier alpha value is -2.61. The molecule has 1 aromatic heterocycles. The smallest absolute Gasteiger partial charge is 0.410 e. The Bertz CT molecular complexity index is 872. The van der Waals surface area contributed by atoms with Crippen LogP contribution >= 0.6 is 0 Å². The van der Waals surface area contributed by atoms with Gasteiger partial charge in [0, 0.05) is 26.2 Å². The number of para-hydroxylation sites is 2. The van der Waals surface area contributed by atoms with Crippen molar-refractivity contribution in [2.24, 2.45) is 7.05 Å². The Morgan fingerprint density at radius 3 is 2.75 bits per heavy atom. The molecule has 150 valence electrons. The van der Waals surface area contributed by atoms with Gasteiger partial charge in [0.05, 0.1) is 24.2 Å². The second-order valence-corrected chi connectivity index (χ2v) is 7.34. The fourth-order valence-electron chi connectivity index (χ4n) is 4.15. The van der Waals surface area contributed by atoms with Gasteiger partial charge in [0.2, 0.25) is 0 Å². The monoisotopic (exact) mass is 386 g/mol. The molecule has 4 rings (SSSR count). The lowest BCUT2D eigenvalue weighted by Crippen LogP contribution is -2.51. The number of hydrogen-bond donors (Lipinski definition) is 0. The van der Waals surface area contributed by atoms with E-state index in [1.165, 1.54) is 0 Å². The predicted octanol–water partition coefficient (Wildman–Crippen LogP) is 1.92. The molecule has 2 saturated heterocycles. The van der Waals surface area contributed by atoms with Crippen LogP contribution in [-0.2, 0) is 27.9 Å². The number of aromatic nitrogens is 2. The topological polar surface area (TPSA) is 76.9 Å². The molecule has 8 nitrogen and oxygen atoms in total. The summed E-state index contributed by atoms with van der Waals surface area (Å²) in [5.74, 6) is 0.653. The van der Waals surface area contributed by atoms with Crippen molar-refractivity contribution in [1.29, 1.82) is 0 Å². The first-order valence-electron chi connectivity index (χ1n) is 9.83. The highest BCUT2D eigenvalue weighted by atomic mass is 16.6. The Morgan fingerprint density at radius 1 is 1.29 bits per heavy atom. The summed E-state index contributed by atoms with van der Waals surface area (Å²) in [6.07, 6.45) is 1.19. The molecule has 1 aromatic carbocycles. The fourth-order valence-corrected chi connectivity index (χ4v) is 4.15. The number of nitrogens with zero attached hydrogens (tertiary/aromatic N) is 4. The first-order valence-corrected chi connectivity index (χ1v) is 9.83. The van der Waals surface area contributed by atoms with Crippen molar-refractivity contribution in [3.05, 3.63) is 30.1 Å². The molecule has 2 aliphatic rings. The van der Waals surface area contributed by atoms with E-state index in [0.29, 0.717) is 6.61 Å². The van der Waals surface area contributed by atoms with E-state index in [1.54, 1.807) is 11.8 Å². The SMILES string of the molecule is CCOC(=O)C1COC(=O)N1C1CCN(Cc2nc3ccccc3n2C)CC1. The second-order valence-electron chi connectivity index (χ2n) is 7.34. The molecular formula is C20H26N4O4. The average molecular weight is 386 g/mol. The number of ether oxygens (including phenoxy) is 2. The number of aryl methyl sites for hydroxylation is 1. The molecule has 0 radical (unpaired) electrons. The molecule has 0 N–H and O–H groups in total. The minimum absolute atomic E-state index is 0.00102. The lowest BCUT2D eigenvalue weighted by Gasteiger charge is -2.37. The predicted molar refractivity (Wildman–Crippen MR) is 103 cm³/mol. The highest BCUT2D eigenvalue weighted by Gasteiger charge is 2.43. The molecule has 1 amide bonds. The maximum Gasteiger partial charge on any atom is 0.410 e. The van der Waals surface area contributed by atoms with Crippen LogP contribution in [0.1, 0.15) is 25.6 Å². The van der Waals surface area contributed by atoms with Crippen LogP contribution in [0.5, 0.6) is 0 Å². The lowest BCUT2D eigenvalue weighted by molar-refractivity contribution is -0.148. The second kappa shape index (κ2) is 7.79. The number of piperidine rings is 1. The van der Waals surface area contributed by atoms with Gasteiger partial charge in [-0.3, -0.25) is 9.80 Å². The van der Waals surface area contributed by atoms with E-state index < -0.39 is 12.1 Å². The van der Waals surface area contributed by atoms with Crippen LogP contribution in [-0.4, -0.2) is 69.8 Å². The van der Waals surface area contributed by atoms with Gasteiger partial charge < -0.3 is 14.0 Å². The summed E-state index contributed by atoms with van der Waals surface area (Å²) in [6, 6.07) is 7.50. The van der Waals surface area contributed by atoms with Crippen molar-refractivity contribution in [1.82, 2.24) is 19.4 Å². The van der Waals surface area contributed by atoms with Crippen molar-refractivity contribution >= 4 is 23.1 Å². The van der Waals surface area contributed by atoms with Crippen LogP contribution in [0.15, 0.2) is 24.3 Å². The summed E-state index contributed by atoms with van der Waals surface area (Å²) in [5.41, 5.74) is 2.14. The molecular weight excluding hydrogens is 360 g/mol. The van der Waals surface area contributed by atoms with Crippen molar-refractivity contribution in [2.45, 2.75) is 38.4 Å². The number of likely N-dealkylation sites (tertiary alicyclic amines) is 1. The van der Waals surface area contributed by atoms with Gasteiger partial charge in [-0.05, 0) is 31.9 Å². The molecule has 0 bridgehead atoms. The standard InChI is InChI=1S/C20H26N4O4/c1-3-27-19(25)17-13-28-20(26)24(17)14-8-10-23(11-9-14)12-18-21-15-6-4-5-7-16(15)22(18)2/h4-7,14,17H,3,8-13H2,1-2H3. The van der Waals surface area contributed by atoms with Crippen molar-refractivity contribution in [3.8, 4) is 0 Å². The molecule has 1 atom stereocenters. The summed E-state index contributed by atoms with van der Waals surface area (Å²) in [5, 5.41) is 0. The maximum atomic E-state index is 12.2. The minimum Gasteiger partial charge on any atom is -0.464 e. The van der Waals surface area contributed by atoms with Crippen molar-refractivity contribution in [2.75, 3.05) is 26.3 Å². The first kappa shape index (κ1) is 18.7. The molecule has 2 aliphatic heterocycles. The third-order valence-corrected chi connectivity index (χ3v) is 5.67. The van der Waals surface area contributed by atoms with Gasteiger partial charge in [0.1, 0.15) is 12.4 Å². The summed E-state index contributed by atoms with van der Waals surface area (Å²) in [6.45, 7) is 4.59. The molecule has 8 heteroatoms. The molecule has 2 aromatic rings. The lowest BCUT2D eigenvalue weighted by atomic mass is 10.0. The molecule has 0 spiro atoms. The summed E-state index contributed by atoms with van der Waals surface area (Å²) in [4.78, 5) is 33.0. The Kier molecular flexibility index (Phi) is 5.21. The van der Waals surface area contributed by atoms with Crippen LogP contribution in [0.25, 0.3) is 11.0 Å². The van der Waals surface area contributed by atoms with Gasteiger partial charge in [-0.25, -0.2) is 14.6 Å². The van der Waals surface area contributed by atoms with Gasteiger partial charge >= 0.3 is 12.1 Å². The number of esters is 1. The van der Waals surface area contributed by atoms with E-state index in [0.717, 1.165) is 49.3 Å². The summed E-state index contributed by atoms with van der Waals surface area (Å²) in [7, 11) is 2.04. The number of rotatable bonds is 5. The number of imidazole rings is 1. The van der Waals surface area contributed by atoms with Crippen LogP contribution in [0, 0.1) is 0 Å². The van der Waals surface area contributed by atoms with Crippen molar-refractivity contribution < 1.29 is 19.1 Å². The Morgan fingerprint density at radius 2 is 2.04 bits per heavy atom. The van der Waals surface area contributed by atoms with Gasteiger partial charge in [-0.1, -0.05) is 12.1 Å². The van der Waals surface area contributed by atoms with E-state index in [-0.39, 0.29) is 18.6 Å². The van der Waals surface area contributed by atoms with E-state index >= 15 is 0 Å². The highest BCUT2D eigenvalue weighted by Crippen LogP contribution is 2.25. The fraction of sp³-hybridized carbons (Fsp3) is 0.550. The van der Waals surface area contributed by atoms with Crippen LogP contribution < -0.4 is 0 Å². The molecule has 2 fully saturated rings. The highest BCUT2D eigenvalue weighted by molar-refractivity contribution is 5.84. The van der Waals surface area contributed by atoms with Gasteiger partial charge in [0.15, 0.2) is 6.04 Å². The van der Waals surface area contributed by atoms with Gasteiger partial charge in [0.25, 0.3) is 0 Å². The Labute approximate surface area is 164 Å². The van der Waals surface area contributed by atoms with Crippen LogP contribution in [0.4, 0.5) is 4.79 Å². The number of fused-ring (bicyclic) bond motifs is 1. The van der Waals surface area contributed by atoms with E-state index in [2.05, 4.69) is 15.5 Å². The van der Waals surface area contributed by atoms with Gasteiger partial charge in [-0.15, -0.1) is 0 Å². The van der Waals surface area contributed by atoms with Crippen molar-refractivity contribution in [3.63, 3.8) is 0 Å². The first-order chi connectivity index (χ1) is 13.6. The quantitative estimate of drug-likeness (QED) is 0.731. The summed E-state index contributed by atoms with van der Waals surface area (Å²) >= 11 is 0. The number of benzene rings is 1.